The molecule has 308 valence electrons. The highest BCUT2D eigenvalue weighted by atomic mass is 16.3. The van der Waals surface area contributed by atoms with E-state index in [-0.39, 0.29) is 0 Å². The summed E-state index contributed by atoms with van der Waals surface area (Å²) in [6.07, 6.45) is 0. The Bertz CT molecular complexity index is 3980. The van der Waals surface area contributed by atoms with Crippen molar-refractivity contribution in [1.29, 1.82) is 0 Å². The van der Waals surface area contributed by atoms with Crippen LogP contribution in [0.2, 0.25) is 0 Å². The summed E-state index contributed by atoms with van der Waals surface area (Å²) in [5.41, 5.74) is 14.2. The Balaban J connectivity index is 0.949. The van der Waals surface area contributed by atoms with Crippen LogP contribution in [0.4, 0.5) is 17.1 Å². The Hall–Kier alpha value is -8.72. The van der Waals surface area contributed by atoms with Crippen LogP contribution in [-0.4, -0.2) is 0 Å². The summed E-state index contributed by atoms with van der Waals surface area (Å²) in [5.74, 6) is 0. The summed E-state index contributed by atoms with van der Waals surface area (Å²) in [7, 11) is 0. The van der Waals surface area contributed by atoms with E-state index in [1.807, 2.05) is 0 Å². The second-order valence-corrected chi connectivity index (χ2v) is 17.2. The van der Waals surface area contributed by atoms with Gasteiger partial charge < -0.3 is 9.32 Å². The molecule has 13 rings (SSSR count). The quantitative estimate of drug-likeness (QED) is 0.149. The molecule has 0 saturated carbocycles. The zero-order chi connectivity index (χ0) is 43.6. The fraction of sp³-hybridized carbons (Fsp3) is 0. The van der Waals surface area contributed by atoms with Crippen LogP contribution < -0.4 is 4.90 Å². The van der Waals surface area contributed by atoms with Gasteiger partial charge in [-0.3, -0.25) is 0 Å². The zero-order valence-electron chi connectivity index (χ0n) is 36.0. The van der Waals surface area contributed by atoms with Crippen LogP contribution in [0, 0.1) is 0 Å². The lowest BCUT2D eigenvalue weighted by molar-refractivity contribution is 0.671. The minimum atomic E-state index is 0.896. The molecule has 13 aromatic rings. The molecule has 66 heavy (non-hydrogen) atoms. The zero-order valence-corrected chi connectivity index (χ0v) is 36.0. The van der Waals surface area contributed by atoms with E-state index in [1.54, 1.807) is 0 Å². The molecule has 0 bridgehead atoms. The highest BCUT2D eigenvalue weighted by Crippen LogP contribution is 2.44. The van der Waals surface area contributed by atoms with Gasteiger partial charge in [-0.1, -0.05) is 200 Å². The van der Waals surface area contributed by atoms with Crippen LogP contribution in [0.15, 0.2) is 253 Å². The van der Waals surface area contributed by atoms with E-state index in [0.29, 0.717) is 0 Å². The number of benzene rings is 12. The van der Waals surface area contributed by atoms with Crippen LogP contribution in [0.25, 0.3) is 110 Å². The summed E-state index contributed by atoms with van der Waals surface area (Å²) < 4.78 is 6.84. The lowest BCUT2D eigenvalue weighted by atomic mass is 9.93. The van der Waals surface area contributed by atoms with Gasteiger partial charge in [-0.25, -0.2) is 0 Å². The maximum Gasteiger partial charge on any atom is 0.143 e. The Labute approximate surface area is 382 Å². The standard InChI is InChI=1S/C64H41NO/c1-2-15-42(16-3-1)53-27-13-29-59-60-30-14-28-54(64(60)66-63(53)59)43-31-35-48(36-32-43)65(49-37-33-44(34-38-49)61-40-46-17-4-6-21-51(46)55-23-8-10-25-57(55)61)50-20-12-19-45(39-50)62-41-47-18-5-7-22-52(47)56-24-9-11-26-58(56)62/h1-41H. The van der Waals surface area contributed by atoms with Gasteiger partial charge in [0.05, 0.1) is 0 Å². The van der Waals surface area contributed by atoms with Gasteiger partial charge in [0.15, 0.2) is 0 Å². The van der Waals surface area contributed by atoms with Gasteiger partial charge in [0.25, 0.3) is 0 Å². The number of furan rings is 1. The molecule has 0 atom stereocenters. The maximum atomic E-state index is 6.84. The van der Waals surface area contributed by atoms with E-state index in [4.69, 9.17) is 4.42 Å². The highest BCUT2D eigenvalue weighted by molar-refractivity contribution is 6.16. The molecule has 0 unspecified atom stereocenters. The van der Waals surface area contributed by atoms with Crippen molar-refractivity contribution in [3.8, 4) is 44.5 Å². The average molecular weight is 840 g/mol. The molecule has 1 aromatic heterocycles. The third-order valence-corrected chi connectivity index (χ3v) is 13.4. The van der Waals surface area contributed by atoms with Crippen molar-refractivity contribution in [1.82, 2.24) is 0 Å². The van der Waals surface area contributed by atoms with Gasteiger partial charge in [-0.2, -0.15) is 0 Å². The Kier molecular flexibility index (Phi) is 8.89. The molecule has 0 spiro atoms. The van der Waals surface area contributed by atoms with Crippen molar-refractivity contribution in [2.24, 2.45) is 0 Å². The SMILES string of the molecule is c1ccc(-c2cccc3c2oc2c(-c4ccc(N(c5ccc(-c6cc7ccccc7c7ccccc67)cc5)c5cccc(-c6cc7ccccc7c7ccccc67)c5)cc4)cccc23)cc1. The Morgan fingerprint density at radius 1 is 0.227 bits per heavy atom. The van der Waals surface area contributed by atoms with E-state index < -0.39 is 0 Å². The van der Waals surface area contributed by atoms with Gasteiger partial charge in [0, 0.05) is 39.0 Å². The first kappa shape index (κ1) is 37.8. The summed E-state index contributed by atoms with van der Waals surface area (Å²) in [5, 5.41) is 12.3. The number of hydrogen-bond acceptors (Lipinski definition) is 2. The average Bonchev–Trinajstić information content (AvgIpc) is 3.79. The number of hydrogen-bond donors (Lipinski definition) is 0. The summed E-state index contributed by atoms with van der Waals surface area (Å²) in [6, 6.07) is 90.1. The normalized spacial score (nSPS) is 11.6. The third kappa shape index (κ3) is 6.26. The van der Waals surface area contributed by atoms with Crippen molar-refractivity contribution < 1.29 is 4.42 Å². The molecule has 0 N–H and O–H groups in total. The van der Waals surface area contributed by atoms with Crippen molar-refractivity contribution in [3.05, 3.63) is 249 Å². The van der Waals surface area contributed by atoms with Gasteiger partial charge in [0.1, 0.15) is 11.2 Å². The van der Waals surface area contributed by atoms with Crippen molar-refractivity contribution in [2.75, 3.05) is 4.90 Å². The van der Waals surface area contributed by atoms with Gasteiger partial charge in [0.2, 0.25) is 0 Å². The second kappa shape index (κ2) is 15.5. The van der Waals surface area contributed by atoms with Crippen LogP contribution in [0.3, 0.4) is 0 Å². The van der Waals surface area contributed by atoms with E-state index >= 15 is 0 Å². The van der Waals surface area contributed by atoms with Crippen molar-refractivity contribution >= 4 is 82.1 Å². The van der Waals surface area contributed by atoms with Crippen LogP contribution in [0.5, 0.6) is 0 Å². The lowest BCUT2D eigenvalue weighted by Crippen LogP contribution is -2.10. The molecule has 2 heteroatoms. The van der Waals surface area contributed by atoms with Crippen LogP contribution in [0.1, 0.15) is 0 Å². The molecule has 0 fully saturated rings. The smallest absolute Gasteiger partial charge is 0.143 e. The number of para-hydroxylation sites is 2. The minimum Gasteiger partial charge on any atom is -0.455 e. The Morgan fingerprint density at radius 2 is 0.621 bits per heavy atom. The molecule has 12 aromatic carbocycles. The first-order valence-corrected chi connectivity index (χ1v) is 22.7. The molecule has 0 saturated heterocycles. The lowest BCUT2D eigenvalue weighted by Gasteiger charge is -2.27. The molecule has 0 aliphatic carbocycles. The van der Waals surface area contributed by atoms with Gasteiger partial charge >= 0.3 is 0 Å². The molecule has 2 nitrogen and oxygen atoms in total. The number of rotatable bonds is 7. The second-order valence-electron chi connectivity index (χ2n) is 17.2. The predicted octanol–water partition coefficient (Wildman–Crippen LogP) is 18.3. The van der Waals surface area contributed by atoms with E-state index in [1.165, 1.54) is 65.3 Å². The fourth-order valence-electron chi connectivity index (χ4n) is 10.3. The van der Waals surface area contributed by atoms with Gasteiger partial charge in [-0.15, -0.1) is 0 Å². The number of anilines is 3. The number of nitrogens with zero attached hydrogens (tertiary/aromatic N) is 1. The van der Waals surface area contributed by atoms with Crippen molar-refractivity contribution in [3.63, 3.8) is 0 Å². The predicted molar refractivity (Wildman–Crippen MR) is 280 cm³/mol. The highest BCUT2D eigenvalue weighted by Gasteiger charge is 2.19. The third-order valence-electron chi connectivity index (χ3n) is 13.4. The summed E-state index contributed by atoms with van der Waals surface area (Å²) >= 11 is 0. The van der Waals surface area contributed by atoms with E-state index in [2.05, 4.69) is 254 Å². The monoisotopic (exact) mass is 839 g/mol. The van der Waals surface area contributed by atoms with Crippen LogP contribution in [-0.2, 0) is 0 Å². The summed E-state index contributed by atoms with van der Waals surface area (Å²) in [6.45, 7) is 0. The van der Waals surface area contributed by atoms with E-state index in [0.717, 1.165) is 61.3 Å². The maximum absolute atomic E-state index is 6.84. The molecule has 0 radical (unpaired) electrons. The first-order chi connectivity index (χ1) is 32.7. The Morgan fingerprint density at radius 3 is 1.17 bits per heavy atom. The molecular weight excluding hydrogens is 799 g/mol. The van der Waals surface area contributed by atoms with Gasteiger partial charge in [-0.05, 0) is 125 Å². The molecule has 0 aliphatic rings. The first-order valence-electron chi connectivity index (χ1n) is 22.7. The topological polar surface area (TPSA) is 16.4 Å². The van der Waals surface area contributed by atoms with Crippen molar-refractivity contribution in [2.45, 2.75) is 0 Å². The number of fused-ring (bicyclic) bond motifs is 9. The van der Waals surface area contributed by atoms with E-state index in [9.17, 15) is 0 Å². The molecule has 0 amide bonds. The fourth-order valence-corrected chi connectivity index (χ4v) is 10.3. The minimum absolute atomic E-state index is 0.896. The summed E-state index contributed by atoms with van der Waals surface area (Å²) in [4.78, 5) is 2.38. The largest absolute Gasteiger partial charge is 0.455 e. The van der Waals surface area contributed by atoms with Crippen LogP contribution >= 0.6 is 0 Å². The molecule has 1 heterocycles. The molecule has 0 aliphatic heterocycles. The molecular formula is C64H41NO.